The van der Waals surface area contributed by atoms with E-state index in [1.54, 1.807) is 11.9 Å². The van der Waals surface area contributed by atoms with Crippen molar-refractivity contribution >= 4 is 27.3 Å². The number of sulfone groups is 1. The number of nitrogens with one attached hydrogen (secondary N) is 2. The molecule has 0 unspecified atom stereocenters. The zero-order chi connectivity index (χ0) is 19.5. The molecule has 0 aliphatic carbocycles. The molecule has 2 rings (SSSR count). The Balaban J connectivity index is 1.83. The van der Waals surface area contributed by atoms with Gasteiger partial charge in [-0.05, 0) is 45.4 Å². The van der Waals surface area contributed by atoms with Gasteiger partial charge in [0, 0.05) is 11.7 Å². The number of rotatable bonds is 6. The summed E-state index contributed by atoms with van der Waals surface area (Å²) < 4.78 is 22.9. The molecule has 8 heteroatoms. The molecule has 144 valence electrons. The van der Waals surface area contributed by atoms with Gasteiger partial charge in [-0.15, -0.1) is 0 Å². The summed E-state index contributed by atoms with van der Waals surface area (Å²) in [7, 11) is -1.35. The molecule has 1 heterocycles. The highest BCUT2D eigenvalue weighted by molar-refractivity contribution is 7.91. The van der Waals surface area contributed by atoms with Crippen molar-refractivity contribution in [2.24, 2.45) is 0 Å². The Morgan fingerprint density at radius 2 is 1.69 bits per heavy atom. The lowest BCUT2D eigenvalue weighted by atomic mass is 10.1. The van der Waals surface area contributed by atoms with Gasteiger partial charge in [-0.1, -0.05) is 17.7 Å². The number of benzene rings is 1. The molecule has 1 aromatic carbocycles. The summed E-state index contributed by atoms with van der Waals surface area (Å²) in [6.07, 6.45) is 0.449. The van der Waals surface area contributed by atoms with Crippen molar-refractivity contribution in [1.29, 1.82) is 0 Å². The standard InChI is InChI=1S/C18H27N3O4S/c1-12-7-13(2)18(14(3)8-12)20-17(23)10-21(4)9-16(22)19-15-5-6-26(24,25)11-15/h7-8,15H,5-6,9-11H2,1-4H3,(H,19,22)(H,20,23)/t15-/m1/s1. The van der Waals surface area contributed by atoms with Gasteiger partial charge >= 0.3 is 0 Å². The number of likely N-dealkylation sites (N-methyl/N-ethyl adjacent to an activating group) is 1. The largest absolute Gasteiger partial charge is 0.351 e. The summed E-state index contributed by atoms with van der Waals surface area (Å²) in [5.74, 6) is -0.357. The smallest absolute Gasteiger partial charge is 0.238 e. The number of hydrogen-bond donors (Lipinski definition) is 2. The highest BCUT2D eigenvalue weighted by atomic mass is 32.2. The van der Waals surface area contributed by atoms with Crippen LogP contribution >= 0.6 is 0 Å². The fourth-order valence-electron chi connectivity index (χ4n) is 3.28. The molecule has 26 heavy (non-hydrogen) atoms. The molecule has 2 N–H and O–H groups in total. The van der Waals surface area contributed by atoms with Crippen molar-refractivity contribution in [2.45, 2.75) is 33.2 Å². The maximum atomic E-state index is 12.3. The first-order valence-corrected chi connectivity index (χ1v) is 10.4. The summed E-state index contributed by atoms with van der Waals surface area (Å²) in [5.41, 5.74) is 3.94. The molecule has 1 saturated heterocycles. The number of nitrogens with zero attached hydrogens (tertiary/aromatic N) is 1. The summed E-state index contributed by atoms with van der Waals surface area (Å²) in [4.78, 5) is 25.9. The number of hydrogen-bond acceptors (Lipinski definition) is 5. The van der Waals surface area contributed by atoms with E-state index in [1.165, 1.54) is 0 Å². The van der Waals surface area contributed by atoms with Crippen LogP contribution in [-0.2, 0) is 19.4 Å². The molecule has 1 aliphatic heterocycles. The fourth-order valence-corrected chi connectivity index (χ4v) is 4.96. The highest BCUT2D eigenvalue weighted by Crippen LogP contribution is 2.21. The normalized spacial score (nSPS) is 18.7. The van der Waals surface area contributed by atoms with Crippen molar-refractivity contribution in [3.05, 3.63) is 28.8 Å². The van der Waals surface area contributed by atoms with Gasteiger partial charge in [0.15, 0.2) is 9.84 Å². The van der Waals surface area contributed by atoms with Crippen LogP contribution in [0.1, 0.15) is 23.1 Å². The number of carbonyl (C=O) groups excluding carboxylic acids is 2. The van der Waals surface area contributed by atoms with E-state index in [4.69, 9.17) is 0 Å². The first-order valence-electron chi connectivity index (χ1n) is 8.62. The van der Waals surface area contributed by atoms with E-state index in [-0.39, 0.29) is 42.5 Å². The van der Waals surface area contributed by atoms with Gasteiger partial charge in [-0.3, -0.25) is 14.5 Å². The van der Waals surface area contributed by atoms with Crippen molar-refractivity contribution in [3.63, 3.8) is 0 Å². The number of carbonyl (C=O) groups is 2. The Morgan fingerprint density at radius 1 is 1.12 bits per heavy atom. The quantitative estimate of drug-likeness (QED) is 0.759. The lowest BCUT2D eigenvalue weighted by Gasteiger charge is -2.19. The maximum Gasteiger partial charge on any atom is 0.238 e. The van der Waals surface area contributed by atoms with Crippen molar-refractivity contribution < 1.29 is 18.0 Å². The van der Waals surface area contributed by atoms with Crippen LogP contribution in [0, 0.1) is 20.8 Å². The van der Waals surface area contributed by atoms with Crippen LogP contribution in [0.5, 0.6) is 0 Å². The highest BCUT2D eigenvalue weighted by Gasteiger charge is 2.29. The maximum absolute atomic E-state index is 12.3. The molecule has 1 fully saturated rings. The zero-order valence-corrected chi connectivity index (χ0v) is 16.6. The molecular formula is C18H27N3O4S. The van der Waals surface area contributed by atoms with Crippen LogP contribution in [0.4, 0.5) is 5.69 Å². The summed E-state index contributed by atoms with van der Waals surface area (Å²) in [5, 5.41) is 5.62. The van der Waals surface area contributed by atoms with E-state index < -0.39 is 9.84 Å². The van der Waals surface area contributed by atoms with Crippen LogP contribution < -0.4 is 10.6 Å². The SMILES string of the molecule is Cc1cc(C)c(NC(=O)CN(C)CC(=O)N[C@@H]2CCS(=O)(=O)C2)c(C)c1. The minimum Gasteiger partial charge on any atom is -0.351 e. The van der Waals surface area contributed by atoms with Crippen LogP contribution in [0.2, 0.25) is 0 Å². The second-order valence-corrected chi connectivity index (χ2v) is 9.39. The second kappa shape index (κ2) is 8.18. The summed E-state index contributed by atoms with van der Waals surface area (Å²) in [6.45, 7) is 6.01. The van der Waals surface area contributed by atoms with Crippen molar-refractivity contribution in [2.75, 3.05) is 37.0 Å². The van der Waals surface area contributed by atoms with Crippen LogP contribution in [-0.4, -0.2) is 62.8 Å². The molecule has 0 radical (unpaired) electrons. The van der Waals surface area contributed by atoms with E-state index >= 15 is 0 Å². The van der Waals surface area contributed by atoms with E-state index in [0.717, 1.165) is 22.4 Å². The van der Waals surface area contributed by atoms with Crippen LogP contribution in [0.15, 0.2) is 12.1 Å². The molecule has 1 aliphatic rings. The summed E-state index contributed by atoms with van der Waals surface area (Å²) >= 11 is 0. The lowest BCUT2D eigenvalue weighted by molar-refractivity contribution is -0.123. The van der Waals surface area contributed by atoms with Gasteiger partial charge in [0.25, 0.3) is 0 Å². The molecular weight excluding hydrogens is 354 g/mol. The van der Waals surface area contributed by atoms with E-state index in [1.807, 2.05) is 32.9 Å². The first-order chi connectivity index (χ1) is 12.1. The molecule has 0 saturated carbocycles. The molecule has 1 aromatic rings. The third-order valence-corrected chi connectivity index (χ3v) is 6.13. The van der Waals surface area contributed by atoms with Crippen molar-refractivity contribution in [3.8, 4) is 0 Å². The third-order valence-electron chi connectivity index (χ3n) is 4.37. The molecule has 7 nitrogen and oxygen atoms in total. The monoisotopic (exact) mass is 381 g/mol. The Morgan fingerprint density at radius 3 is 2.23 bits per heavy atom. The lowest BCUT2D eigenvalue weighted by Crippen LogP contribution is -2.43. The second-order valence-electron chi connectivity index (χ2n) is 7.16. The number of aryl methyl sites for hydroxylation is 3. The average Bonchev–Trinajstić information content (AvgIpc) is 2.81. The first kappa shape index (κ1) is 20.4. The minimum atomic E-state index is -3.03. The van der Waals surface area contributed by atoms with Gasteiger partial charge < -0.3 is 10.6 Å². The Kier molecular flexibility index (Phi) is 6.41. The number of amides is 2. The molecule has 0 bridgehead atoms. The van der Waals surface area contributed by atoms with Crippen molar-refractivity contribution in [1.82, 2.24) is 10.2 Å². The van der Waals surface area contributed by atoms with Crippen LogP contribution in [0.3, 0.4) is 0 Å². The molecule has 1 atom stereocenters. The van der Waals surface area contributed by atoms with E-state index in [9.17, 15) is 18.0 Å². The zero-order valence-electron chi connectivity index (χ0n) is 15.8. The van der Waals surface area contributed by atoms with Crippen LogP contribution in [0.25, 0.3) is 0 Å². The Labute approximate surface area is 155 Å². The van der Waals surface area contributed by atoms with Gasteiger partial charge in [-0.2, -0.15) is 0 Å². The fraction of sp³-hybridized carbons (Fsp3) is 0.556. The molecule has 2 amide bonds. The minimum absolute atomic E-state index is 0.00504. The topological polar surface area (TPSA) is 95.6 Å². The number of anilines is 1. The van der Waals surface area contributed by atoms with E-state index in [2.05, 4.69) is 10.6 Å². The Hall–Kier alpha value is -1.93. The predicted molar refractivity (Wildman–Crippen MR) is 102 cm³/mol. The molecule has 0 aromatic heterocycles. The summed E-state index contributed by atoms with van der Waals surface area (Å²) in [6, 6.07) is 3.69. The molecule has 0 spiro atoms. The van der Waals surface area contributed by atoms with Gasteiger partial charge in [0.05, 0.1) is 24.6 Å². The third kappa shape index (κ3) is 5.81. The Bertz CT molecular complexity index is 782. The van der Waals surface area contributed by atoms with E-state index in [0.29, 0.717) is 6.42 Å². The average molecular weight is 381 g/mol. The van der Waals surface area contributed by atoms with Gasteiger partial charge in [0.2, 0.25) is 11.8 Å². The van der Waals surface area contributed by atoms with Gasteiger partial charge in [-0.25, -0.2) is 8.42 Å². The van der Waals surface area contributed by atoms with Gasteiger partial charge in [0.1, 0.15) is 0 Å². The predicted octanol–water partition coefficient (Wildman–Crippen LogP) is 0.785.